The second kappa shape index (κ2) is 4.58. The van der Waals surface area contributed by atoms with Crippen molar-refractivity contribution in [1.29, 1.82) is 0 Å². The molecular weight excluding hydrogens is 220 g/mol. The van der Waals surface area contributed by atoms with Crippen molar-refractivity contribution in [2.45, 2.75) is 23.8 Å². The van der Waals surface area contributed by atoms with Gasteiger partial charge in [0.2, 0.25) is 0 Å². The Balaban J connectivity index is 2.14. The molecule has 3 heteroatoms. The molecule has 2 rings (SSSR count). The van der Waals surface area contributed by atoms with E-state index in [9.17, 15) is 4.79 Å². The SMILES string of the molecule is CC(=O)c1ccc(Sc2ccc(C)cc2)o1. The van der Waals surface area contributed by atoms with Crippen molar-refractivity contribution in [2.24, 2.45) is 0 Å². The molecule has 0 radical (unpaired) electrons. The summed E-state index contributed by atoms with van der Waals surface area (Å²) < 4.78 is 5.39. The number of hydrogen-bond donors (Lipinski definition) is 0. The monoisotopic (exact) mass is 232 g/mol. The van der Waals surface area contributed by atoms with Gasteiger partial charge in [-0.3, -0.25) is 4.79 Å². The molecule has 0 aliphatic rings. The Kier molecular flexibility index (Phi) is 3.15. The molecule has 0 saturated carbocycles. The van der Waals surface area contributed by atoms with Crippen LogP contribution >= 0.6 is 11.8 Å². The third kappa shape index (κ3) is 2.55. The number of furan rings is 1. The topological polar surface area (TPSA) is 30.2 Å². The predicted octanol–water partition coefficient (Wildman–Crippen LogP) is 3.94. The highest BCUT2D eigenvalue weighted by Crippen LogP contribution is 2.29. The summed E-state index contributed by atoms with van der Waals surface area (Å²) >= 11 is 1.52. The Morgan fingerprint density at radius 3 is 2.38 bits per heavy atom. The lowest BCUT2D eigenvalue weighted by Gasteiger charge is -1.98. The molecule has 1 aromatic carbocycles. The van der Waals surface area contributed by atoms with E-state index in [0.717, 1.165) is 9.99 Å². The molecule has 0 aliphatic carbocycles. The van der Waals surface area contributed by atoms with E-state index >= 15 is 0 Å². The van der Waals surface area contributed by atoms with Crippen LogP contribution in [0.3, 0.4) is 0 Å². The Morgan fingerprint density at radius 2 is 1.81 bits per heavy atom. The Hall–Kier alpha value is -1.48. The van der Waals surface area contributed by atoms with Crippen LogP contribution in [0.2, 0.25) is 0 Å². The van der Waals surface area contributed by atoms with Crippen molar-refractivity contribution in [3.63, 3.8) is 0 Å². The van der Waals surface area contributed by atoms with Crippen LogP contribution in [0.5, 0.6) is 0 Å². The van der Waals surface area contributed by atoms with Gasteiger partial charge >= 0.3 is 0 Å². The highest BCUT2D eigenvalue weighted by atomic mass is 32.2. The van der Waals surface area contributed by atoms with Crippen LogP contribution in [-0.2, 0) is 0 Å². The van der Waals surface area contributed by atoms with Crippen LogP contribution in [0, 0.1) is 6.92 Å². The minimum Gasteiger partial charge on any atom is -0.446 e. The molecule has 0 spiro atoms. The van der Waals surface area contributed by atoms with E-state index in [2.05, 4.69) is 19.1 Å². The number of aryl methyl sites for hydroxylation is 1. The van der Waals surface area contributed by atoms with Crippen molar-refractivity contribution in [3.8, 4) is 0 Å². The second-order valence-electron chi connectivity index (χ2n) is 3.59. The lowest BCUT2D eigenvalue weighted by Crippen LogP contribution is -1.85. The van der Waals surface area contributed by atoms with Gasteiger partial charge in [0.1, 0.15) is 0 Å². The van der Waals surface area contributed by atoms with Crippen LogP contribution in [0.15, 0.2) is 50.8 Å². The number of carbonyl (C=O) groups excluding carboxylic acids is 1. The molecule has 82 valence electrons. The van der Waals surface area contributed by atoms with Gasteiger partial charge in [-0.15, -0.1) is 0 Å². The number of ketones is 1. The number of hydrogen-bond acceptors (Lipinski definition) is 3. The molecule has 2 aromatic rings. The van der Waals surface area contributed by atoms with Gasteiger partial charge in [0, 0.05) is 11.8 Å². The third-order valence-electron chi connectivity index (χ3n) is 2.17. The molecule has 1 heterocycles. The summed E-state index contributed by atoms with van der Waals surface area (Å²) in [6.07, 6.45) is 0. The second-order valence-corrected chi connectivity index (χ2v) is 4.67. The molecule has 0 saturated heterocycles. The first kappa shape index (κ1) is 11.0. The lowest BCUT2D eigenvalue weighted by atomic mass is 10.2. The summed E-state index contributed by atoms with van der Waals surface area (Å²) in [6, 6.07) is 11.7. The van der Waals surface area contributed by atoms with Crippen molar-refractivity contribution in [2.75, 3.05) is 0 Å². The average molecular weight is 232 g/mol. The average Bonchev–Trinajstić information content (AvgIpc) is 2.70. The van der Waals surface area contributed by atoms with Gasteiger partial charge in [0.25, 0.3) is 0 Å². The minimum absolute atomic E-state index is 0.0456. The molecular formula is C13H12O2S. The molecule has 0 unspecified atom stereocenters. The van der Waals surface area contributed by atoms with Crippen molar-refractivity contribution in [1.82, 2.24) is 0 Å². The zero-order valence-corrected chi connectivity index (χ0v) is 10.0. The maximum atomic E-state index is 11.1. The van der Waals surface area contributed by atoms with Crippen LogP contribution in [0.4, 0.5) is 0 Å². The van der Waals surface area contributed by atoms with Crippen molar-refractivity contribution in [3.05, 3.63) is 47.7 Å². The maximum absolute atomic E-state index is 11.1. The van der Waals surface area contributed by atoms with Crippen LogP contribution < -0.4 is 0 Å². The molecule has 1 aromatic heterocycles. The van der Waals surface area contributed by atoms with Gasteiger partial charge in [-0.05, 0) is 31.2 Å². The summed E-state index contributed by atoms with van der Waals surface area (Å²) in [7, 11) is 0. The summed E-state index contributed by atoms with van der Waals surface area (Å²) in [4.78, 5) is 12.2. The standard InChI is InChI=1S/C13H12O2S/c1-9-3-5-11(6-4-9)16-13-8-7-12(15-13)10(2)14/h3-8H,1-2H3. The predicted molar refractivity (Wildman–Crippen MR) is 64.0 cm³/mol. The fourth-order valence-electron chi connectivity index (χ4n) is 1.29. The first-order valence-corrected chi connectivity index (χ1v) is 5.82. The van der Waals surface area contributed by atoms with E-state index in [4.69, 9.17) is 4.42 Å². The molecule has 16 heavy (non-hydrogen) atoms. The van der Waals surface area contributed by atoms with Gasteiger partial charge in [0.05, 0.1) is 0 Å². The zero-order chi connectivity index (χ0) is 11.5. The van der Waals surface area contributed by atoms with Gasteiger partial charge < -0.3 is 4.42 Å². The molecule has 0 atom stereocenters. The van der Waals surface area contributed by atoms with E-state index in [1.165, 1.54) is 24.2 Å². The number of benzene rings is 1. The van der Waals surface area contributed by atoms with Gasteiger partial charge in [-0.2, -0.15) is 0 Å². The summed E-state index contributed by atoms with van der Waals surface area (Å²) in [5, 5.41) is 0.744. The molecule has 0 fully saturated rings. The van der Waals surface area contributed by atoms with E-state index in [0.29, 0.717) is 5.76 Å². The highest BCUT2D eigenvalue weighted by molar-refractivity contribution is 7.99. The van der Waals surface area contributed by atoms with E-state index in [1.54, 1.807) is 6.07 Å². The fourth-order valence-corrected chi connectivity index (χ4v) is 2.06. The first-order valence-electron chi connectivity index (χ1n) is 5.00. The lowest BCUT2D eigenvalue weighted by molar-refractivity contribution is 0.0982. The van der Waals surface area contributed by atoms with E-state index in [1.807, 2.05) is 18.2 Å². The minimum atomic E-state index is -0.0456. The molecule has 0 bridgehead atoms. The quantitative estimate of drug-likeness (QED) is 0.751. The van der Waals surface area contributed by atoms with Crippen molar-refractivity contribution >= 4 is 17.5 Å². The van der Waals surface area contributed by atoms with Crippen LogP contribution in [-0.4, -0.2) is 5.78 Å². The van der Waals surface area contributed by atoms with Gasteiger partial charge in [-0.1, -0.05) is 29.5 Å². The molecule has 0 amide bonds. The summed E-state index contributed by atoms with van der Waals surface area (Å²) in [6.45, 7) is 3.55. The zero-order valence-electron chi connectivity index (χ0n) is 9.19. The largest absolute Gasteiger partial charge is 0.446 e. The van der Waals surface area contributed by atoms with Gasteiger partial charge in [-0.25, -0.2) is 0 Å². The van der Waals surface area contributed by atoms with E-state index in [-0.39, 0.29) is 5.78 Å². The molecule has 0 N–H and O–H groups in total. The Morgan fingerprint density at radius 1 is 1.12 bits per heavy atom. The Bertz CT molecular complexity index is 497. The smallest absolute Gasteiger partial charge is 0.194 e. The number of rotatable bonds is 3. The summed E-state index contributed by atoms with van der Waals surface area (Å²) in [5.41, 5.74) is 1.23. The first-order chi connectivity index (χ1) is 7.65. The molecule has 2 nitrogen and oxygen atoms in total. The number of Topliss-reactive ketones (excluding diaryl/α,β-unsaturated/α-hetero) is 1. The number of carbonyl (C=O) groups is 1. The summed E-state index contributed by atoms with van der Waals surface area (Å²) in [5.74, 6) is 0.366. The normalized spacial score (nSPS) is 10.4. The van der Waals surface area contributed by atoms with Crippen molar-refractivity contribution < 1.29 is 9.21 Å². The maximum Gasteiger partial charge on any atom is 0.194 e. The van der Waals surface area contributed by atoms with Crippen LogP contribution in [0.1, 0.15) is 23.0 Å². The Labute approximate surface area is 98.7 Å². The van der Waals surface area contributed by atoms with E-state index < -0.39 is 0 Å². The third-order valence-corrected chi connectivity index (χ3v) is 3.10. The van der Waals surface area contributed by atoms with Crippen LogP contribution in [0.25, 0.3) is 0 Å². The van der Waals surface area contributed by atoms with Gasteiger partial charge in [0.15, 0.2) is 16.6 Å². The molecule has 0 aliphatic heterocycles. The highest BCUT2D eigenvalue weighted by Gasteiger charge is 2.07. The fraction of sp³-hybridized carbons (Fsp3) is 0.154.